The average Bonchev–Trinajstić information content (AvgIpc) is 2.47. The van der Waals surface area contributed by atoms with Crippen molar-refractivity contribution in [3.8, 4) is 11.6 Å². The fourth-order valence-corrected chi connectivity index (χ4v) is 1.93. The van der Waals surface area contributed by atoms with Crippen LogP contribution in [0.1, 0.15) is 0 Å². The van der Waals surface area contributed by atoms with E-state index in [9.17, 15) is 0 Å². The Morgan fingerprint density at radius 2 is 1.75 bits per heavy atom. The predicted molar refractivity (Wildman–Crippen MR) is 75.9 cm³/mol. The van der Waals surface area contributed by atoms with E-state index in [0.29, 0.717) is 17.1 Å². The third kappa shape index (κ3) is 2.61. The van der Waals surface area contributed by atoms with E-state index < -0.39 is 7.12 Å². The molecule has 0 fully saturated rings. The van der Waals surface area contributed by atoms with Gasteiger partial charge in [0.25, 0.3) is 0 Å². The number of ether oxygens (including phenoxy) is 1. The lowest BCUT2D eigenvalue weighted by atomic mass is 9.79. The van der Waals surface area contributed by atoms with E-state index in [1.54, 1.807) is 30.6 Å². The summed E-state index contributed by atoms with van der Waals surface area (Å²) in [7, 11) is -1.46. The lowest BCUT2D eigenvalue weighted by molar-refractivity contribution is 0.426. The maximum absolute atomic E-state index is 9.15. The van der Waals surface area contributed by atoms with Gasteiger partial charge in [0.1, 0.15) is 5.75 Å². The zero-order chi connectivity index (χ0) is 13.9. The molecule has 0 aliphatic rings. The van der Waals surface area contributed by atoms with Gasteiger partial charge in [0, 0.05) is 12.4 Å². The highest BCUT2D eigenvalue weighted by molar-refractivity contribution is 6.58. The van der Waals surface area contributed by atoms with Crippen LogP contribution in [0.4, 0.5) is 0 Å². The number of aromatic nitrogens is 2. The second-order valence-corrected chi connectivity index (χ2v) is 4.29. The molecule has 0 saturated carbocycles. The van der Waals surface area contributed by atoms with Crippen molar-refractivity contribution in [1.82, 2.24) is 9.97 Å². The summed E-state index contributed by atoms with van der Waals surface area (Å²) in [5, 5.41) is 20.1. The quantitative estimate of drug-likeness (QED) is 0.694. The van der Waals surface area contributed by atoms with Gasteiger partial charge in [-0.05, 0) is 28.4 Å². The molecule has 5 nitrogen and oxygen atoms in total. The van der Waals surface area contributed by atoms with Crippen LogP contribution in [0.15, 0.2) is 55.0 Å². The van der Waals surface area contributed by atoms with E-state index in [2.05, 4.69) is 9.97 Å². The minimum Gasteiger partial charge on any atom is -0.437 e. The van der Waals surface area contributed by atoms with Crippen LogP contribution in [0.3, 0.4) is 0 Å². The molecule has 0 amide bonds. The highest BCUT2D eigenvalue weighted by atomic mass is 16.5. The first-order chi connectivity index (χ1) is 9.72. The lowest BCUT2D eigenvalue weighted by Crippen LogP contribution is -2.29. The molecule has 1 aromatic heterocycles. The summed E-state index contributed by atoms with van der Waals surface area (Å²) >= 11 is 0. The Morgan fingerprint density at radius 1 is 0.950 bits per heavy atom. The molecular weight excluding hydrogens is 255 g/mol. The molecule has 3 rings (SSSR count). The second-order valence-electron chi connectivity index (χ2n) is 4.29. The van der Waals surface area contributed by atoms with Gasteiger partial charge in [0.15, 0.2) is 0 Å². The van der Waals surface area contributed by atoms with E-state index in [4.69, 9.17) is 14.8 Å². The first kappa shape index (κ1) is 12.6. The van der Waals surface area contributed by atoms with Crippen molar-refractivity contribution in [3.05, 3.63) is 55.0 Å². The van der Waals surface area contributed by atoms with Crippen molar-refractivity contribution in [2.45, 2.75) is 0 Å². The van der Waals surface area contributed by atoms with Crippen LogP contribution < -0.4 is 10.2 Å². The van der Waals surface area contributed by atoms with Gasteiger partial charge in [-0.2, -0.15) is 0 Å². The van der Waals surface area contributed by atoms with E-state index >= 15 is 0 Å². The minimum atomic E-state index is -1.46. The van der Waals surface area contributed by atoms with Crippen LogP contribution in [-0.2, 0) is 0 Å². The van der Waals surface area contributed by atoms with Gasteiger partial charge >= 0.3 is 7.12 Å². The van der Waals surface area contributed by atoms with Gasteiger partial charge in [-0.3, -0.25) is 4.98 Å². The fourth-order valence-electron chi connectivity index (χ4n) is 1.93. The molecule has 0 unspecified atom stereocenters. The summed E-state index contributed by atoms with van der Waals surface area (Å²) in [5.41, 5.74) is 0.458. The Hall–Kier alpha value is -2.44. The molecule has 3 aromatic rings. The summed E-state index contributed by atoms with van der Waals surface area (Å²) in [6.07, 6.45) is 4.68. The molecule has 2 aromatic carbocycles. The average molecular weight is 266 g/mol. The maximum Gasteiger partial charge on any atom is 0.488 e. The molecule has 0 spiro atoms. The van der Waals surface area contributed by atoms with E-state index in [1.807, 2.05) is 18.2 Å². The summed E-state index contributed by atoms with van der Waals surface area (Å²) in [6.45, 7) is 0. The van der Waals surface area contributed by atoms with Gasteiger partial charge in [-0.25, -0.2) is 4.98 Å². The summed E-state index contributed by atoms with van der Waals surface area (Å²) in [6, 6.07) is 10.7. The Kier molecular flexibility index (Phi) is 3.33. The van der Waals surface area contributed by atoms with Crippen LogP contribution in [-0.4, -0.2) is 27.1 Å². The summed E-state index contributed by atoms with van der Waals surface area (Å²) in [4.78, 5) is 7.97. The molecule has 0 bridgehead atoms. The van der Waals surface area contributed by atoms with Gasteiger partial charge in [0.05, 0.1) is 6.20 Å². The number of hydrogen-bond donors (Lipinski definition) is 2. The van der Waals surface area contributed by atoms with Gasteiger partial charge in [-0.15, -0.1) is 0 Å². The number of rotatable bonds is 3. The number of fused-ring (bicyclic) bond motifs is 1. The Morgan fingerprint density at radius 3 is 2.50 bits per heavy atom. The first-order valence-corrected chi connectivity index (χ1v) is 6.06. The van der Waals surface area contributed by atoms with E-state index in [0.717, 1.165) is 10.8 Å². The van der Waals surface area contributed by atoms with Gasteiger partial charge in [-0.1, -0.05) is 24.3 Å². The highest BCUT2D eigenvalue weighted by Crippen LogP contribution is 2.23. The molecular formula is C14H11BN2O3. The SMILES string of the molecule is OB(O)c1ccc2cc(Oc3cnccn3)ccc2c1. The standard InChI is InChI=1S/C14H11BN2O3/c18-15(19)12-3-1-11-8-13(4-2-10(11)7-12)20-14-9-16-5-6-17-14/h1-9,18-19H. The van der Waals surface area contributed by atoms with Gasteiger partial charge in [0.2, 0.25) is 5.88 Å². The first-order valence-electron chi connectivity index (χ1n) is 6.06. The zero-order valence-electron chi connectivity index (χ0n) is 10.5. The molecule has 0 atom stereocenters. The van der Waals surface area contributed by atoms with Crippen molar-refractivity contribution in [2.75, 3.05) is 0 Å². The molecule has 0 aliphatic carbocycles. The molecule has 0 radical (unpaired) electrons. The molecule has 2 N–H and O–H groups in total. The van der Waals surface area contributed by atoms with Crippen LogP contribution >= 0.6 is 0 Å². The van der Waals surface area contributed by atoms with Gasteiger partial charge < -0.3 is 14.8 Å². The summed E-state index contributed by atoms with van der Waals surface area (Å²) < 4.78 is 5.59. The molecule has 1 heterocycles. The Labute approximate surface area is 115 Å². The van der Waals surface area contributed by atoms with Crippen molar-refractivity contribution >= 4 is 23.4 Å². The summed E-state index contributed by atoms with van der Waals surface area (Å²) in [5.74, 6) is 1.07. The number of nitrogens with zero attached hydrogens (tertiary/aromatic N) is 2. The van der Waals surface area contributed by atoms with E-state index in [-0.39, 0.29) is 0 Å². The number of hydrogen-bond acceptors (Lipinski definition) is 5. The normalized spacial score (nSPS) is 10.5. The molecule has 6 heteroatoms. The topological polar surface area (TPSA) is 75.5 Å². The monoisotopic (exact) mass is 266 g/mol. The third-order valence-corrected chi connectivity index (χ3v) is 2.90. The fraction of sp³-hybridized carbons (Fsp3) is 0. The molecule has 20 heavy (non-hydrogen) atoms. The van der Waals surface area contributed by atoms with E-state index in [1.165, 1.54) is 6.20 Å². The maximum atomic E-state index is 9.15. The van der Waals surface area contributed by atoms with Crippen molar-refractivity contribution in [2.24, 2.45) is 0 Å². The molecule has 0 aliphatic heterocycles. The van der Waals surface area contributed by atoms with Crippen LogP contribution in [0.5, 0.6) is 11.6 Å². The lowest BCUT2D eigenvalue weighted by Gasteiger charge is -2.06. The minimum absolute atomic E-state index is 0.425. The van der Waals surface area contributed by atoms with Crippen LogP contribution in [0, 0.1) is 0 Å². The van der Waals surface area contributed by atoms with Crippen LogP contribution in [0.25, 0.3) is 10.8 Å². The molecule has 0 saturated heterocycles. The Bertz CT molecular complexity index is 735. The number of benzene rings is 2. The van der Waals surface area contributed by atoms with Crippen molar-refractivity contribution in [1.29, 1.82) is 0 Å². The zero-order valence-corrected chi connectivity index (χ0v) is 10.5. The highest BCUT2D eigenvalue weighted by Gasteiger charge is 2.11. The largest absolute Gasteiger partial charge is 0.488 e. The second kappa shape index (κ2) is 5.28. The third-order valence-electron chi connectivity index (χ3n) is 2.90. The predicted octanol–water partition coefficient (Wildman–Crippen LogP) is 1.10. The smallest absolute Gasteiger partial charge is 0.437 e. The van der Waals surface area contributed by atoms with Crippen LogP contribution in [0.2, 0.25) is 0 Å². The Balaban J connectivity index is 1.93. The molecule has 98 valence electrons. The van der Waals surface area contributed by atoms with Crippen molar-refractivity contribution < 1.29 is 14.8 Å². The van der Waals surface area contributed by atoms with Crippen molar-refractivity contribution in [3.63, 3.8) is 0 Å².